The van der Waals surface area contributed by atoms with E-state index in [1.165, 1.54) is 6.07 Å². The second-order valence-corrected chi connectivity index (χ2v) is 6.16. The van der Waals surface area contributed by atoms with Gasteiger partial charge >= 0.3 is 5.97 Å². The van der Waals surface area contributed by atoms with Gasteiger partial charge in [0, 0.05) is 12.6 Å². The van der Waals surface area contributed by atoms with Gasteiger partial charge in [0.25, 0.3) is 5.91 Å². The molecule has 0 aromatic carbocycles. The summed E-state index contributed by atoms with van der Waals surface area (Å²) in [5, 5.41) is 11.9. The monoisotopic (exact) mass is 282 g/mol. The Morgan fingerprint density at radius 2 is 2.11 bits per heavy atom. The number of carboxylic acids is 1. The Labute approximate surface area is 116 Å². The molecule has 1 aromatic rings. The lowest BCUT2D eigenvalue weighted by Crippen LogP contribution is -2.48. The van der Waals surface area contributed by atoms with E-state index in [-0.39, 0.29) is 16.8 Å². The number of carbonyl (C=O) groups excluding carboxylic acids is 1. The minimum atomic E-state index is -0.989. The van der Waals surface area contributed by atoms with E-state index >= 15 is 0 Å². The maximum Gasteiger partial charge on any atom is 0.345 e. The highest BCUT2D eigenvalue weighted by Gasteiger charge is 2.26. The van der Waals surface area contributed by atoms with Gasteiger partial charge < -0.3 is 15.3 Å². The van der Waals surface area contributed by atoms with Crippen LogP contribution in [0.2, 0.25) is 0 Å². The first-order chi connectivity index (χ1) is 8.97. The van der Waals surface area contributed by atoms with Gasteiger partial charge in [-0.2, -0.15) is 0 Å². The average Bonchev–Trinajstić information content (AvgIpc) is 2.82. The van der Waals surface area contributed by atoms with Crippen LogP contribution >= 0.6 is 11.3 Å². The van der Waals surface area contributed by atoms with Crippen molar-refractivity contribution in [1.29, 1.82) is 0 Å². The molecule has 0 bridgehead atoms. The number of nitrogens with zero attached hydrogens (tertiary/aromatic N) is 1. The van der Waals surface area contributed by atoms with Crippen molar-refractivity contribution < 1.29 is 14.7 Å². The Morgan fingerprint density at radius 1 is 1.42 bits per heavy atom. The average molecular weight is 282 g/mol. The lowest BCUT2D eigenvalue weighted by atomic mass is 9.94. The molecule has 2 atom stereocenters. The number of nitrogens with one attached hydrogen (secondary N) is 1. The molecule has 1 saturated heterocycles. The lowest BCUT2D eigenvalue weighted by Gasteiger charge is -2.35. The predicted molar refractivity (Wildman–Crippen MR) is 73.8 cm³/mol. The van der Waals surface area contributed by atoms with Gasteiger partial charge in [0.05, 0.1) is 4.88 Å². The number of piperidine rings is 1. The standard InChI is InChI=1S/C13H18N2O3S/c1-8-7-15(2)6-5-9(8)14-12(16)10-3-4-11(19-10)13(17)18/h3-4,8-9H,5-7H2,1-2H3,(H,14,16)(H,17,18). The zero-order valence-electron chi connectivity index (χ0n) is 11.0. The van der Waals surface area contributed by atoms with Gasteiger partial charge in [0.2, 0.25) is 0 Å². The zero-order chi connectivity index (χ0) is 14.0. The summed E-state index contributed by atoms with van der Waals surface area (Å²) in [6, 6.07) is 3.21. The lowest BCUT2D eigenvalue weighted by molar-refractivity contribution is 0.0702. The minimum Gasteiger partial charge on any atom is -0.477 e. The molecule has 1 amide bonds. The van der Waals surface area contributed by atoms with E-state index in [9.17, 15) is 9.59 Å². The van der Waals surface area contributed by atoms with Crippen molar-refractivity contribution in [2.24, 2.45) is 5.92 Å². The van der Waals surface area contributed by atoms with E-state index in [2.05, 4.69) is 24.2 Å². The van der Waals surface area contributed by atoms with Crippen molar-refractivity contribution in [2.75, 3.05) is 20.1 Å². The molecule has 2 N–H and O–H groups in total. The smallest absolute Gasteiger partial charge is 0.345 e. The van der Waals surface area contributed by atoms with Gasteiger partial charge in [-0.3, -0.25) is 4.79 Å². The molecule has 5 nitrogen and oxygen atoms in total. The number of carboxylic acid groups (broad SMARTS) is 1. The van der Waals surface area contributed by atoms with Crippen LogP contribution in [0.15, 0.2) is 12.1 Å². The van der Waals surface area contributed by atoms with Gasteiger partial charge in [0.15, 0.2) is 0 Å². The normalized spacial score (nSPS) is 24.1. The first-order valence-corrected chi connectivity index (χ1v) is 7.11. The molecule has 2 unspecified atom stereocenters. The summed E-state index contributed by atoms with van der Waals surface area (Å²) in [6.07, 6.45) is 0.931. The van der Waals surface area contributed by atoms with E-state index in [0.29, 0.717) is 10.8 Å². The number of hydrogen-bond donors (Lipinski definition) is 2. The number of likely N-dealkylation sites (tertiary alicyclic amines) is 1. The third-order valence-corrected chi connectivity index (χ3v) is 4.54. The van der Waals surface area contributed by atoms with Crippen molar-refractivity contribution in [3.05, 3.63) is 21.9 Å². The Morgan fingerprint density at radius 3 is 2.68 bits per heavy atom. The highest BCUT2D eigenvalue weighted by molar-refractivity contribution is 7.15. The topological polar surface area (TPSA) is 69.6 Å². The fraction of sp³-hybridized carbons (Fsp3) is 0.538. The molecule has 0 saturated carbocycles. The van der Waals surface area contributed by atoms with Crippen LogP contribution < -0.4 is 5.32 Å². The van der Waals surface area contributed by atoms with Crippen molar-refractivity contribution in [3.63, 3.8) is 0 Å². The van der Waals surface area contributed by atoms with E-state index in [1.54, 1.807) is 6.07 Å². The molecule has 2 heterocycles. The SMILES string of the molecule is CC1CN(C)CCC1NC(=O)c1ccc(C(=O)O)s1. The summed E-state index contributed by atoms with van der Waals surface area (Å²) in [5.41, 5.74) is 0. The number of aromatic carboxylic acids is 1. The van der Waals surface area contributed by atoms with Crippen LogP contribution in [0.1, 0.15) is 32.7 Å². The Bertz CT molecular complexity index is 486. The quantitative estimate of drug-likeness (QED) is 0.882. The second kappa shape index (κ2) is 5.71. The summed E-state index contributed by atoms with van der Waals surface area (Å²) in [4.78, 5) is 25.8. The second-order valence-electron chi connectivity index (χ2n) is 5.08. The van der Waals surface area contributed by atoms with Crippen LogP contribution in [0.5, 0.6) is 0 Å². The summed E-state index contributed by atoms with van der Waals surface area (Å²) >= 11 is 1.02. The van der Waals surface area contributed by atoms with Crippen LogP contribution in [0, 0.1) is 5.92 Å². The molecule has 0 aliphatic carbocycles. The predicted octanol–water partition coefficient (Wildman–Crippen LogP) is 1.52. The van der Waals surface area contributed by atoms with Gasteiger partial charge in [0.1, 0.15) is 4.88 Å². The third-order valence-electron chi connectivity index (χ3n) is 3.47. The van der Waals surface area contributed by atoms with Crippen molar-refractivity contribution in [1.82, 2.24) is 10.2 Å². The Balaban J connectivity index is 1.98. The first kappa shape index (κ1) is 14.0. The molecule has 1 fully saturated rings. The van der Waals surface area contributed by atoms with Crippen LogP contribution in [0.4, 0.5) is 0 Å². The van der Waals surface area contributed by atoms with Gasteiger partial charge in [-0.15, -0.1) is 11.3 Å². The molecular formula is C13H18N2O3S. The molecule has 1 aromatic heterocycles. The maximum absolute atomic E-state index is 12.1. The molecule has 1 aliphatic heterocycles. The minimum absolute atomic E-state index is 0.166. The number of carbonyl (C=O) groups is 2. The number of amides is 1. The highest BCUT2D eigenvalue weighted by Crippen LogP contribution is 2.19. The zero-order valence-corrected chi connectivity index (χ0v) is 11.9. The Hall–Kier alpha value is -1.40. The number of rotatable bonds is 3. The molecule has 104 valence electrons. The molecular weight excluding hydrogens is 264 g/mol. The van der Waals surface area contributed by atoms with Gasteiger partial charge in [-0.25, -0.2) is 4.79 Å². The molecule has 0 radical (unpaired) electrons. The third kappa shape index (κ3) is 3.33. The highest BCUT2D eigenvalue weighted by atomic mass is 32.1. The Kier molecular flexibility index (Phi) is 4.21. The van der Waals surface area contributed by atoms with E-state index in [1.807, 2.05) is 0 Å². The fourth-order valence-corrected chi connectivity index (χ4v) is 3.13. The first-order valence-electron chi connectivity index (χ1n) is 6.30. The fourth-order valence-electron chi connectivity index (χ4n) is 2.38. The summed E-state index contributed by atoms with van der Waals surface area (Å²) in [7, 11) is 2.08. The van der Waals surface area contributed by atoms with Gasteiger partial charge in [-0.1, -0.05) is 6.92 Å². The summed E-state index contributed by atoms with van der Waals surface area (Å²) in [5.74, 6) is -0.753. The molecule has 19 heavy (non-hydrogen) atoms. The van der Waals surface area contributed by atoms with Crippen molar-refractivity contribution in [3.8, 4) is 0 Å². The van der Waals surface area contributed by atoms with Crippen LogP contribution in [0.3, 0.4) is 0 Å². The van der Waals surface area contributed by atoms with Crippen LogP contribution in [-0.4, -0.2) is 48.1 Å². The largest absolute Gasteiger partial charge is 0.477 e. The summed E-state index contributed by atoms with van der Waals surface area (Å²) < 4.78 is 0. The van der Waals surface area contributed by atoms with Crippen LogP contribution in [-0.2, 0) is 0 Å². The number of hydrogen-bond acceptors (Lipinski definition) is 4. The van der Waals surface area contributed by atoms with Crippen molar-refractivity contribution >= 4 is 23.2 Å². The summed E-state index contributed by atoms with van der Waals surface area (Å²) in [6.45, 7) is 4.06. The van der Waals surface area contributed by atoms with Crippen LogP contribution in [0.25, 0.3) is 0 Å². The van der Waals surface area contributed by atoms with Gasteiger partial charge in [-0.05, 0) is 38.1 Å². The van der Waals surface area contributed by atoms with E-state index in [0.717, 1.165) is 30.8 Å². The molecule has 6 heteroatoms. The maximum atomic E-state index is 12.1. The molecule has 0 spiro atoms. The molecule has 1 aliphatic rings. The van der Waals surface area contributed by atoms with Crippen molar-refractivity contribution in [2.45, 2.75) is 19.4 Å². The van der Waals surface area contributed by atoms with E-state index < -0.39 is 5.97 Å². The number of thiophene rings is 1. The molecule has 2 rings (SSSR count). The van der Waals surface area contributed by atoms with E-state index in [4.69, 9.17) is 5.11 Å².